The van der Waals surface area contributed by atoms with Crippen LogP contribution < -0.4 is 0 Å². The average molecular weight is 413 g/mol. The van der Waals surface area contributed by atoms with Gasteiger partial charge in [0.05, 0.1) is 0 Å². The Balaban J connectivity index is -0.0000000160. The highest BCUT2D eigenvalue weighted by Crippen LogP contribution is 2.15. The highest BCUT2D eigenvalue weighted by Gasteiger charge is 1.95. The van der Waals surface area contributed by atoms with Gasteiger partial charge in [-0.05, 0) is 0 Å². The fourth-order valence-corrected chi connectivity index (χ4v) is 0.250. The van der Waals surface area contributed by atoms with Gasteiger partial charge in [-0.25, -0.2) is 0 Å². The van der Waals surface area contributed by atoms with Gasteiger partial charge in [-0.15, -0.1) is 0 Å². The van der Waals surface area contributed by atoms with Crippen LogP contribution in [0.1, 0.15) is 190 Å². The topological polar surface area (TPSA) is 0 Å². The maximum atomic E-state index is 2.12. The lowest BCUT2D eigenvalue weighted by Crippen LogP contribution is -1.85. The summed E-state index contributed by atoms with van der Waals surface area (Å²) in [5.41, 5.74) is 0. The van der Waals surface area contributed by atoms with Gasteiger partial charge in [0.15, 0.2) is 0 Å². The molecule has 0 atom stereocenters. The summed E-state index contributed by atoms with van der Waals surface area (Å²) < 4.78 is 0. The van der Waals surface area contributed by atoms with Crippen molar-refractivity contribution in [2.24, 2.45) is 0 Å². The van der Waals surface area contributed by atoms with Gasteiger partial charge in [0.1, 0.15) is 0 Å². The first kappa shape index (κ1) is 63.0. The van der Waals surface area contributed by atoms with Crippen molar-refractivity contribution in [2.45, 2.75) is 190 Å². The van der Waals surface area contributed by atoms with Crippen LogP contribution in [0.15, 0.2) is 0 Å². The molecule has 188 valence electrons. The van der Waals surface area contributed by atoms with Crippen LogP contribution in [0, 0.1) is 0 Å². The highest BCUT2D eigenvalue weighted by atomic mass is 14.0. The van der Waals surface area contributed by atoms with E-state index < -0.39 is 0 Å². The molecule has 0 heterocycles. The van der Waals surface area contributed by atoms with Crippen molar-refractivity contribution in [2.75, 3.05) is 0 Å². The summed E-state index contributed by atoms with van der Waals surface area (Å²) in [6, 6.07) is 0. The minimum absolute atomic E-state index is 1.25. The molecule has 2 rings (SSSR count). The van der Waals surface area contributed by atoms with E-state index in [4.69, 9.17) is 0 Å². The summed E-state index contributed by atoms with van der Waals surface area (Å²) in [6.07, 6.45) is 11.8. The molecule has 0 aliphatic heterocycles. The fraction of sp³-hybridized carbons (Fsp3) is 1.00. The lowest BCUT2D eigenvalue weighted by atomic mass is 10.0. The quantitative estimate of drug-likeness (QED) is 0.371. The third-order valence-electron chi connectivity index (χ3n) is 1.35. The molecule has 0 spiro atoms. The zero-order valence-corrected chi connectivity index (χ0v) is 25.7. The first-order valence-corrected chi connectivity index (χ1v) is 13.9. The van der Waals surface area contributed by atoms with E-state index in [0.29, 0.717) is 0 Å². The van der Waals surface area contributed by atoms with Gasteiger partial charge in [0, 0.05) is 0 Å². The Labute approximate surface area is 190 Å². The second-order valence-electron chi connectivity index (χ2n) is 3.18. The third kappa shape index (κ3) is 650. The zero-order chi connectivity index (χ0) is 25.7. The number of hydrogen-bond acceptors (Lipinski definition) is 0. The molecule has 0 bridgehead atoms. The molecule has 0 saturated heterocycles. The first-order valence-electron chi connectivity index (χ1n) is 13.9. The molecule has 0 aromatic carbocycles. The fourth-order valence-electron chi connectivity index (χ4n) is 0.250. The molecule has 28 heavy (non-hydrogen) atoms. The molecule has 2 aliphatic rings. The van der Waals surface area contributed by atoms with Crippen molar-refractivity contribution in [1.82, 2.24) is 0 Å². The van der Waals surface area contributed by atoms with Crippen molar-refractivity contribution >= 4 is 0 Å². The Morgan fingerprint density at radius 2 is 0.286 bits per heavy atom. The maximum Gasteiger partial charge on any atom is -0.0533 e. The maximum absolute atomic E-state index is 2.12. The number of rotatable bonds is 0. The summed E-state index contributed by atoms with van der Waals surface area (Å²) in [7, 11) is 0. The largest absolute Gasteiger partial charge is 0.0683 e. The van der Waals surface area contributed by atoms with E-state index in [1.807, 2.05) is 125 Å². The second-order valence-corrected chi connectivity index (χ2v) is 3.18. The van der Waals surface area contributed by atoms with Gasteiger partial charge in [-0.2, -0.15) is 0 Å². The van der Waals surface area contributed by atoms with E-state index in [-0.39, 0.29) is 0 Å². The SMILES string of the molecule is C1CC1.C1CCC1.CC.CC.CC.CC.CC.CC.CC.CC.CC.CCC. The van der Waals surface area contributed by atoms with Crippen LogP contribution in [0.3, 0.4) is 0 Å². The van der Waals surface area contributed by atoms with Crippen molar-refractivity contribution in [1.29, 1.82) is 0 Å². The average Bonchev–Trinajstić information content (AvgIpc) is 3.70. The lowest BCUT2D eigenvalue weighted by Gasteiger charge is -2.05. The van der Waals surface area contributed by atoms with Gasteiger partial charge in [0.2, 0.25) is 0 Å². The van der Waals surface area contributed by atoms with Crippen molar-refractivity contribution in [3.63, 3.8) is 0 Å². The summed E-state index contributed by atoms with van der Waals surface area (Å²) in [5.74, 6) is 0. The Morgan fingerprint density at radius 3 is 0.286 bits per heavy atom. The van der Waals surface area contributed by atoms with E-state index in [1.54, 1.807) is 0 Å². The molecule has 0 aromatic heterocycles. The van der Waals surface area contributed by atoms with Gasteiger partial charge in [0.25, 0.3) is 0 Å². The molecule has 0 radical (unpaired) electrons. The zero-order valence-electron chi connectivity index (χ0n) is 25.7. The normalized spacial score (nSPS) is 8.57. The summed E-state index contributed by atoms with van der Waals surface area (Å²) in [6.45, 7) is 40.2. The van der Waals surface area contributed by atoms with Crippen LogP contribution in [-0.2, 0) is 0 Å². The summed E-state index contributed by atoms with van der Waals surface area (Å²) in [4.78, 5) is 0. The van der Waals surface area contributed by atoms with Crippen LogP contribution in [0.25, 0.3) is 0 Å². The lowest BCUT2D eigenvalue weighted by molar-refractivity contribution is 0.504. The van der Waals surface area contributed by atoms with Gasteiger partial charge in [-0.3, -0.25) is 0 Å². The van der Waals surface area contributed by atoms with Crippen LogP contribution in [0.2, 0.25) is 0 Å². The van der Waals surface area contributed by atoms with Crippen LogP contribution in [0.4, 0.5) is 0 Å². The number of hydrogen-bond donors (Lipinski definition) is 0. The minimum atomic E-state index is 1.25. The van der Waals surface area contributed by atoms with E-state index in [1.165, 1.54) is 51.4 Å². The van der Waals surface area contributed by atoms with Crippen LogP contribution >= 0.6 is 0 Å². The molecule has 0 heteroatoms. The predicted octanol–water partition coefficient (Wildman–Crippen LogP) is 13.4. The van der Waals surface area contributed by atoms with Crippen molar-refractivity contribution in [3.8, 4) is 0 Å². The molecule has 0 aromatic rings. The summed E-state index contributed by atoms with van der Waals surface area (Å²) in [5, 5.41) is 0. The summed E-state index contributed by atoms with van der Waals surface area (Å²) >= 11 is 0. The predicted molar refractivity (Wildman–Crippen MR) is 150 cm³/mol. The first-order chi connectivity index (χ1) is 13.9. The molecule has 0 N–H and O–H groups in total. The monoisotopic (exact) mass is 413 g/mol. The molecule has 0 unspecified atom stereocenters. The third-order valence-corrected chi connectivity index (χ3v) is 1.35. The molecule has 0 nitrogen and oxygen atoms in total. The Hall–Kier alpha value is 0. The van der Waals surface area contributed by atoms with E-state index in [0.717, 1.165) is 0 Å². The highest BCUT2D eigenvalue weighted by molar-refractivity contribution is 4.51. The molecule has 0 amide bonds. The molecule has 2 saturated carbocycles. The Bertz CT molecular complexity index is 35.2. The van der Waals surface area contributed by atoms with Gasteiger partial charge < -0.3 is 0 Å². The smallest absolute Gasteiger partial charge is 0.0533 e. The Morgan fingerprint density at radius 1 is 0.250 bits per heavy atom. The minimum Gasteiger partial charge on any atom is -0.0683 e. The van der Waals surface area contributed by atoms with Crippen molar-refractivity contribution in [3.05, 3.63) is 0 Å². The second kappa shape index (κ2) is 285. The van der Waals surface area contributed by atoms with E-state index in [2.05, 4.69) is 13.8 Å². The molecular weight excluding hydrogens is 336 g/mol. The van der Waals surface area contributed by atoms with E-state index >= 15 is 0 Å². The Kier molecular flexibility index (Phi) is 642. The van der Waals surface area contributed by atoms with E-state index in [9.17, 15) is 0 Å². The van der Waals surface area contributed by atoms with Gasteiger partial charge in [-0.1, -0.05) is 190 Å². The standard InChI is InChI=1S/C4H8.C3H6.C3H8.9C2H6/c1-2-4-3-1;1-2-3-1;1-3-2;9*1-2/h1-4H2;1-3H2;3H2,1-2H3;9*1-2H3. The molecule has 2 aliphatic carbocycles. The van der Waals surface area contributed by atoms with Crippen LogP contribution in [-0.4, -0.2) is 0 Å². The van der Waals surface area contributed by atoms with Crippen molar-refractivity contribution < 1.29 is 0 Å². The molecular formula is C28H76. The van der Waals surface area contributed by atoms with Gasteiger partial charge >= 0.3 is 0 Å². The van der Waals surface area contributed by atoms with Crippen LogP contribution in [0.5, 0.6) is 0 Å². The molecule has 2 fully saturated rings.